The minimum Gasteiger partial charge on any atom is -0.381 e. The molecular formula is C16H29NO2. The van der Waals surface area contributed by atoms with Gasteiger partial charge in [0.15, 0.2) is 0 Å². The van der Waals surface area contributed by atoms with Gasteiger partial charge in [0.05, 0.1) is 6.10 Å². The van der Waals surface area contributed by atoms with E-state index in [4.69, 9.17) is 9.47 Å². The molecule has 0 bridgehead atoms. The largest absolute Gasteiger partial charge is 0.381 e. The molecule has 2 saturated heterocycles. The molecule has 0 spiro atoms. The molecule has 1 unspecified atom stereocenters. The molecule has 0 radical (unpaired) electrons. The van der Waals surface area contributed by atoms with Gasteiger partial charge in [-0.15, -0.1) is 0 Å². The fourth-order valence-electron chi connectivity index (χ4n) is 3.54. The molecule has 0 aromatic heterocycles. The molecule has 3 fully saturated rings. The Morgan fingerprint density at radius 3 is 2.58 bits per heavy atom. The molecule has 2 heterocycles. The van der Waals surface area contributed by atoms with Crippen LogP contribution in [-0.2, 0) is 9.47 Å². The Labute approximate surface area is 117 Å². The molecule has 0 aromatic carbocycles. The van der Waals surface area contributed by atoms with Gasteiger partial charge in [0.1, 0.15) is 0 Å². The monoisotopic (exact) mass is 267 g/mol. The Morgan fingerprint density at radius 2 is 1.89 bits per heavy atom. The van der Waals surface area contributed by atoms with Crippen LogP contribution in [0.15, 0.2) is 0 Å². The van der Waals surface area contributed by atoms with Gasteiger partial charge in [-0.1, -0.05) is 6.42 Å². The van der Waals surface area contributed by atoms with Crippen LogP contribution in [0.1, 0.15) is 57.8 Å². The second kappa shape index (κ2) is 6.55. The zero-order valence-corrected chi connectivity index (χ0v) is 12.2. The second-order valence-corrected chi connectivity index (χ2v) is 6.79. The molecule has 0 amide bonds. The van der Waals surface area contributed by atoms with Crippen molar-refractivity contribution >= 4 is 0 Å². The highest BCUT2D eigenvalue weighted by Gasteiger charge is 2.34. The van der Waals surface area contributed by atoms with Gasteiger partial charge >= 0.3 is 0 Å². The Hall–Kier alpha value is -0.120. The van der Waals surface area contributed by atoms with Crippen LogP contribution in [-0.4, -0.2) is 38.5 Å². The van der Waals surface area contributed by atoms with E-state index in [9.17, 15) is 0 Å². The average Bonchev–Trinajstić information content (AvgIpc) is 3.14. The highest BCUT2D eigenvalue weighted by atomic mass is 16.5. The van der Waals surface area contributed by atoms with Crippen molar-refractivity contribution in [3.63, 3.8) is 0 Å². The van der Waals surface area contributed by atoms with Gasteiger partial charge in [0.2, 0.25) is 0 Å². The minimum absolute atomic E-state index is 0.513. The molecule has 1 N–H and O–H groups in total. The van der Waals surface area contributed by atoms with Crippen molar-refractivity contribution in [1.82, 2.24) is 5.32 Å². The van der Waals surface area contributed by atoms with E-state index in [0.717, 1.165) is 25.9 Å². The fraction of sp³-hybridized carbons (Fsp3) is 1.00. The van der Waals surface area contributed by atoms with Gasteiger partial charge in [-0.25, -0.2) is 0 Å². The fourth-order valence-corrected chi connectivity index (χ4v) is 3.54. The van der Waals surface area contributed by atoms with E-state index < -0.39 is 0 Å². The zero-order valence-electron chi connectivity index (χ0n) is 12.2. The van der Waals surface area contributed by atoms with Crippen LogP contribution in [0.4, 0.5) is 0 Å². The molecule has 3 nitrogen and oxygen atoms in total. The van der Waals surface area contributed by atoms with E-state index in [0.29, 0.717) is 11.5 Å². The van der Waals surface area contributed by atoms with Crippen molar-refractivity contribution in [1.29, 1.82) is 0 Å². The summed E-state index contributed by atoms with van der Waals surface area (Å²) in [5, 5.41) is 3.76. The third-order valence-electron chi connectivity index (χ3n) is 5.15. The summed E-state index contributed by atoms with van der Waals surface area (Å²) in [4.78, 5) is 0. The minimum atomic E-state index is 0.513. The summed E-state index contributed by atoms with van der Waals surface area (Å²) in [6.07, 6.45) is 12.4. The van der Waals surface area contributed by atoms with Crippen LogP contribution in [0, 0.1) is 5.41 Å². The predicted molar refractivity (Wildman–Crippen MR) is 76.3 cm³/mol. The summed E-state index contributed by atoms with van der Waals surface area (Å²) in [5.74, 6) is 0. The number of ether oxygens (including phenoxy) is 2. The lowest BCUT2D eigenvalue weighted by Crippen LogP contribution is -2.40. The lowest BCUT2D eigenvalue weighted by atomic mass is 9.75. The van der Waals surface area contributed by atoms with Gasteiger partial charge < -0.3 is 14.8 Å². The van der Waals surface area contributed by atoms with Crippen LogP contribution < -0.4 is 5.32 Å². The molecule has 2 aliphatic heterocycles. The Bertz CT molecular complexity index is 266. The van der Waals surface area contributed by atoms with Crippen LogP contribution >= 0.6 is 0 Å². The highest BCUT2D eigenvalue weighted by Crippen LogP contribution is 2.37. The number of nitrogens with one attached hydrogen (secondary N) is 1. The maximum absolute atomic E-state index is 5.74. The summed E-state index contributed by atoms with van der Waals surface area (Å²) in [7, 11) is 0. The van der Waals surface area contributed by atoms with E-state index in [1.165, 1.54) is 64.3 Å². The third kappa shape index (κ3) is 4.17. The summed E-state index contributed by atoms with van der Waals surface area (Å²) >= 11 is 0. The highest BCUT2D eigenvalue weighted by molar-refractivity contribution is 4.89. The van der Waals surface area contributed by atoms with E-state index >= 15 is 0 Å². The third-order valence-corrected chi connectivity index (χ3v) is 5.15. The van der Waals surface area contributed by atoms with Crippen LogP contribution in [0.3, 0.4) is 0 Å². The molecule has 0 aromatic rings. The Kier molecular flexibility index (Phi) is 4.78. The summed E-state index contributed by atoms with van der Waals surface area (Å²) in [5.41, 5.74) is 0.513. The zero-order chi connectivity index (χ0) is 13.0. The van der Waals surface area contributed by atoms with E-state index in [1.54, 1.807) is 0 Å². The number of rotatable bonds is 7. The molecule has 3 aliphatic rings. The standard InChI is InChI=1S/C16H29NO2/c1(3-15-4-2-10-19-15)7-16(8-11-18-12-9-16)13-17-14-5-6-14/h14-15,17H,1-13H2. The maximum atomic E-state index is 5.74. The lowest BCUT2D eigenvalue weighted by molar-refractivity contribution is 0.00661. The number of hydrogen-bond donors (Lipinski definition) is 1. The Balaban J connectivity index is 1.43. The van der Waals surface area contributed by atoms with Gasteiger partial charge in [0.25, 0.3) is 0 Å². The first-order chi connectivity index (χ1) is 9.36. The van der Waals surface area contributed by atoms with Gasteiger partial charge in [-0.05, 0) is 56.8 Å². The summed E-state index contributed by atoms with van der Waals surface area (Å²) in [6, 6.07) is 0.831. The molecule has 3 rings (SSSR count). The van der Waals surface area contributed by atoms with Gasteiger partial charge in [-0.3, -0.25) is 0 Å². The van der Waals surface area contributed by atoms with E-state index in [-0.39, 0.29) is 0 Å². The van der Waals surface area contributed by atoms with Crippen LogP contribution in [0.25, 0.3) is 0 Å². The van der Waals surface area contributed by atoms with E-state index in [2.05, 4.69) is 5.32 Å². The smallest absolute Gasteiger partial charge is 0.0576 e. The molecular weight excluding hydrogens is 238 g/mol. The van der Waals surface area contributed by atoms with Crippen molar-refractivity contribution in [3.05, 3.63) is 0 Å². The normalized spacial score (nSPS) is 30.6. The average molecular weight is 267 g/mol. The van der Waals surface area contributed by atoms with Crippen LogP contribution in [0.5, 0.6) is 0 Å². The Morgan fingerprint density at radius 1 is 1.05 bits per heavy atom. The molecule has 110 valence electrons. The lowest BCUT2D eigenvalue weighted by Gasteiger charge is -2.38. The van der Waals surface area contributed by atoms with Crippen molar-refractivity contribution in [2.24, 2.45) is 5.41 Å². The molecule has 1 saturated carbocycles. The van der Waals surface area contributed by atoms with Crippen molar-refractivity contribution < 1.29 is 9.47 Å². The van der Waals surface area contributed by atoms with Gasteiger partial charge in [0, 0.05) is 32.4 Å². The quantitative estimate of drug-likeness (QED) is 0.769. The SMILES string of the molecule is C1COC(CCCC2(CNC3CC3)CCOCC2)C1. The molecule has 3 heteroatoms. The second-order valence-electron chi connectivity index (χ2n) is 6.79. The van der Waals surface area contributed by atoms with Crippen molar-refractivity contribution in [2.45, 2.75) is 69.9 Å². The predicted octanol–water partition coefficient (Wildman–Crippen LogP) is 2.88. The summed E-state index contributed by atoms with van der Waals surface area (Å²) in [6.45, 7) is 4.14. The topological polar surface area (TPSA) is 30.5 Å². The maximum Gasteiger partial charge on any atom is 0.0576 e. The first kappa shape index (κ1) is 13.8. The first-order valence-electron chi connectivity index (χ1n) is 8.29. The van der Waals surface area contributed by atoms with Crippen molar-refractivity contribution in [3.8, 4) is 0 Å². The van der Waals surface area contributed by atoms with E-state index in [1.807, 2.05) is 0 Å². The number of hydrogen-bond acceptors (Lipinski definition) is 3. The summed E-state index contributed by atoms with van der Waals surface area (Å²) < 4.78 is 11.3. The van der Waals surface area contributed by atoms with Crippen LogP contribution in [0.2, 0.25) is 0 Å². The van der Waals surface area contributed by atoms with Gasteiger partial charge in [-0.2, -0.15) is 0 Å². The van der Waals surface area contributed by atoms with Crippen molar-refractivity contribution in [2.75, 3.05) is 26.4 Å². The molecule has 19 heavy (non-hydrogen) atoms. The molecule has 1 atom stereocenters. The first-order valence-corrected chi connectivity index (χ1v) is 8.29. The molecule has 1 aliphatic carbocycles.